The molecule has 7 heteroatoms. The van der Waals surface area contributed by atoms with Gasteiger partial charge >= 0.3 is 5.97 Å². The first kappa shape index (κ1) is 24.7. The highest BCUT2D eigenvalue weighted by atomic mass is 16.5. The summed E-state index contributed by atoms with van der Waals surface area (Å²) in [6.45, 7) is 2.79. The number of fused-ring (bicyclic) bond motifs is 1. The Bertz CT molecular complexity index is 1310. The zero-order chi connectivity index (χ0) is 25.5. The molecule has 2 N–H and O–H groups in total. The van der Waals surface area contributed by atoms with Crippen LogP contribution in [0, 0.1) is 11.3 Å². The van der Waals surface area contributed by atoms with Crippen LogP contribution in [0.2, 0.25) is 0 Å². The van der Waals surface area contributed by atoms with Crippen LogP contribution in [-0.4, -0.2) is 19.7 Å². The Morgan fingerprint density at radius 3 is 2.53 bits per heavy atom. The molecule has 0 aromatic heterocycles. The zero-order valence-electron chi connectivity index (χ0n) is 20.3. The van der Waals surface area contributed by atoms with Gasteiger partial charge in [-0.1, -0.05) is 38.0 Å². The molecule has 1 aliphatic rings. The number of hydrogen-bond donors (Lipinski definition) is 1. The molecule has 0 amide bonds. The molecule has 0 radical (unpaired) electrons. The predicted molar refractivity (Wildman–Crippen MR) is 135 cm³/mol. The molecule has 4 rings (SSSR count). The summed E-state index contributed by atoms with van der Waals surface area (Å²) in [5, 5.41) is 9.76. The molecule has 1 aliphatic heterocycles. The van der Waals surface area contributed by atoms with Gasteiger partial charge in [-0.3, -0.25) is 0 Å². The summed E-state index contributed by atoms with van der Waals surface area (Å²) >= 11 is 0. The van der Waals surface area contributed by atoms with E-state index in [4.69, 9.17) is 24.7 Å². The summed E-state index contributed by atoms with van der Waals surface area (Å²) in [5.41, 5.74) is 8.36. The average Bonchev–Trinajstić information content (AvgIpc) is 2.90. The highest BCUT2D eigenvalue weighted by Crippen LogP contribution is 2.44. The third-order valence-electron chi connectivity index (χ3n) is 5.93. The molecule has 0 spiro atoms. The van der Waals surface area contributed by atoms with Crippen LogP contribution in [0.1, 0.15) is 53.6 Å². The molecule has 0 saturated heterocycles. The van der Waals surface area contributed by atoms with Gasteiger partial charge in [-0.25, -0.2) is 4.79 Å². The maximum absolute atomic E-state index is 12.7. The van der Waals surface area contributed by atoms with Crippen LogP contribution >= 0.6 is 0 Å². The molecule has 0 aliphatic carbocycles. The van der Waals surface area contributed by atoms with E-state index in [1.807, 2.05) is 24.3 Å². The third-order valence-corrected chi connectivity index (χ3v) is 5.93. The summed E-state index contributed by atoms with van der Waals surface area (Å²) in [6, 6.07) is 21.5. The van der Waals surface area contributed by atoms with E-state index in [1.165, 1.54) is 0 Å². The van der Waals surface area contributed by atoms with E-state index in [-0.39, 0.29) is 5.88 Å². The number of allylic oxidation sites excluding steroid dienone is 1. The summed E-state index contributed by atoms with van der Waals surface area (Å²) in [6.07, 6.45) is 3.25. The lowest BCUT2D eigenvalue weighted by molar-refractivity contribution is 0.0734. The van der Waals surface area contributed by atoms with Gasteiger partial charge in [0.1, 0.15) is 34.6 Å². The first-order valence-corrected chi connectivity index (χ1v) is 11.8. The van der Waals surface area contributed by atoms with Crippen LogP contribution in [0.15, 0.2) is 78.2 Å². The number of ether oxygens (including phenoxy) is 4. The lowest BCUT2D eigenvalue weighted by Gasteiger charge is -2.27. The molecule has 3 aromatic carbocycles. The number of nitriles is 1. The molecule has 0 saturated carbocycles. The van der Waals surface area contributed by atoms with Crippen LogP contribution in [0.4, 0.5) is 0 Å². The molecule has 36 heavy (non-hydrogen) atoms. The number of carbonyl (C=O) groups is 1. The van der Waals surface area contributed by atoms with Gasteiger partial charge in [0.2, 0.25) is 5.88 Å². The maximum atomic E-state index is 12.7. The quantitative estimate of drug-likeness (QED) is 0.236. The standard InChI is InChI=1S/C29H28N2O5/c1-3-4-5-15-34-21-11-9-19(10-12-21)29(32)35-23-13-14-24-26(17-23)36-28(31)25(18-30)27(24)20-7-6-8-22(16-20)33-2/h6-14,16-17,27H,3-5,15,31H2,1-2H3. The fourth-order valence-corrected chi connectivity index (χ4v) is 4.06. The van der Waals surface area contributed by atoms with Crippen molar-refractivity contribution in [1.29, 1.82) is 5.26 Å². The minimum Gasteiger partial charge on any atom is -0.497 e. The van der Waals surface area contributed by atoms with E-state index in [1.54, 1.807) is 49.6 Å². The first-order valence-electron chi connectivity index (χ1n) is 11.8. The molecular formula is C29H28N2O5. The Morgan fingerprint density at radius 1 is 1.03 bits per heavy atom. The summed E-state index contributed by atoms with van der Waals surface area (Å²) < 4.78 is 22.4. The number of unbranched alkanes of at least 4 members (excludes halogenated alkanes) is 2. The van der Waals surface area contributed by atoms with E-state index in [2.05, 4.69) is 13.0 Å². The van der Waals surface area contributed by atoms with Gasteiger partial charge in [-0.2, -0.15) is 5.26 Å². The van der Waals surface area contributed by atoms with Gasteiger partial charge < -0.3 is 24.7 Å². The second-order valence-corrected chi connectivity index (χ2v) is 8.37. The first-order chi connectivity index (χ1) is 17.5. The fourth-order valence-electron chi connectivity index (χ4n) is 4.06. The van der Waals surface area contributed by atoms with Crippen LogP contribution in [0.3, 0.4) is 0 Å². The lowest BCUT2D eigenvalue weighted by Crippen LogP contribution is -2.21. The molecule has 1 heterocycles. The number of benzene rings is 3. The number of nitrogens with zero attached hydrogens (tertiary/aromatic N) is 1. The number of carbonyl (C=O) groups excluding carboxylic acids is 1. The van der Waals surface area contributed by atoms with Crippen molar-refractivity contribution >= 4 is 5.97 Å². The van der Waals surface area contributed by atoms with Crippen molar-refractivity contribution in [2.45, 2.75) is 32.1 Å². The van der Waals surface area contributed by atoms with E-state index in [0.717, 1.165) is 30.4 Å². The number of hydrogen-bond acceptors (Lipinski definition) is 7. The normalized spacial score (nSPS) is 14.3. The molecule has 3 aromatic rings. The molecule has 1 atom stereocenters. The summed E-state index contributed by atoms with van der Waals surface area (Å²) in [5.74, 6) is 1.16. The Balaban J connectivity index is 1.53. The van der Waals surface area contributed by atoms with Crippen LogP contribution in [-0.2, 0) is 0 Å². The highest BCUT2D eigenvalue weighted by molar-refractivity contribution is 5.91. The molecule has 0 bridgehead atoms. The average molecular weight is 485 g/mol. The molecular weight excluding hydrogens is 456 g/mol. The minimum absolute atomic E-state index is 0.0100. The fraction of sp³-hybridized carbons (Fsp3) is 0.241. The van der Waals surface area contributed by atoms with Crippen molar-refractivity contribution in [3.63, 3.8) is 0 Å². The number of esters is 1. The Hall–Kier alpha value is -4.44. The van der Waals surface area contributed by atoms with Crippen LogP contribution in [0.5, 0.6) is 23.0 Å². The van der Waals surface area contributed by atoms with Crippen molar-refractivity contribution in [3.8, 4) is 29.1 Å². The molecule has 7 nitrogen and oxygen atoms in total. The molecule has 184 valence electrons. The number of methoxy groups -OCH3 is 1. The minimum atomic E-state index is -0.506. The molecule has 0 fully saturated rings. The number of nitrogens with two attached hydrogens (primary N) is 1. The van der Waals surface area contributed by atoms with Gasteiger partial charge in [0.25, 0.3) is 0 Å². The Kier molecular flexibility index (Phi) is 7.76. The van der Waals surface area contributed by atoms with Gasteiger partial charge in [0.05, 0.1) is 25.2 Å². The topological polar surface area (TPSA) is 104 Å². The smallest absolute Gasteiger partial charge is 0.343 e. The Labute approximate surface area is 210 Å². The second-order valence-electron chi connectivity index (χ2n) is 8.37. The van der Waals surface area contributed by atoms with Gasteiger partial charge in [0, 0.05) is 11.6 Å². The number of rotatable bonds is 9. The van der Waals surface area contributed by atoms with E-state index >= 15 is 0 Å². The van der Waals surface area contributed by atoms with Gasteiger partial charge in [0.15, 0.2) is 0 Å². The van der Waals surface area contributed by atoms with Crippen LogP contribution < -0.4 is 24.7 Å². The molecule has 1 unspecified atom stereocenters. The largest absolute Gasteiger partial charge is 0.497 e. The monoisotopic (exact) mass is 484 g/mol. The van der Waals surface area contributed by atoms with E-state index in [9.17, 15) is 10.1 Å². The summed E-state index contributed by atoms with van der Waals surface area (Å²) in [4.78, 5) is 12.7. The lowest BCUT2D eigenvalue weighted by atomic mass is 9.83. The van der Waals surface area contributed by atoms with Crippen molar-refractivity contribution in [3.05, 3.63) is 94.9 Å². The third kappa shape index (κ3) is 5.44. The second kappa shape index (κ2) is 11.3. The van der Waals surface area contributed by atoms with Crippen molar-refractivity contribution in [1.82, 2.24) is 0 Å². The van der Waals surface area contributed by atoms with Crippen LogP contribution in [0.25, 0.3) is 0 Å². The summed E-state index contributed by atoms with van der Waals surface area (Å²) in [7, 11) is 1.58. The van der Waals surface area contributed by atoms with Crippen molar-refractivity contribution < 1.29 is 23.7 Å². The SMILES string of the molecule is CCCCCOc1ccc(C(=O)Oc2ccc3c(c2)OC(N)=C(C#N)C3c2cccc(OC)c2)cc1. The van der Waals surface area contributed by atoms with Crippen molar-refractivity contribution in [2.24, 2.45) is 5.73 Å². The maximum Gasteiger partial charge on any atom is 0.343 e. The highest BCUT2D eigenvalue weighted by Gasteiger charge is 2.31. The predicted octanol–water partition coefficient (Wildman–Crippen LogP) is 5.70. The van der Waals surface area contributed by atoms with Crippen molar-refractivity contribution in [2.75, 3.05) is 13.7 Å². The van der Waals surface area contributed by atoms with Gasteiger partial charge in [-0.05, 0) is 54.4 Å². The van der Waals surface area contributed by atoms with E-state index in [0.29, 0.717) is 40.7 Å². The Morgan fingerprint density at radius 2 is 1.81 bits per heavy atom. The van der Waals surface area contributed by atoms with Gasteiger partial charge in [-0.15, -0.1) is 0 Å². The van der Waals surface area contributed by atoms with E-state index < -0.39 is 11.9 Å². The zero-order valence-corrected chi connectivity index (χ0v) is 20.3.